The van der Waals surface area contributed by atoms with Crippen molar-refractivity contribution in [2.24, 2.45) is 0 Å². The van der Waals surface area contributed by atoms with Gasteiger partial charge in [0.05, 0.1) is 17.7 Å². The van der Waals surface area contributed by atoms with Gasteiger partial charge in [-0.25, -0.2) is 13.8 Å². The van der Waals surface area contributed by atoms with E-state index in [1.54, 1.807) is 0 Å². The minimum atomic E-state index is -0.718. The van der Waals surface area contributed by atoms with Crippen molar-refractivity contribution in [1.29, 1.82) is 0 Å². The molecule has 0 aliphatic rings. The molecule has 0 aliphatic heterocycles. The summed E-state index contributed by atoms with van der Waals surface area (Å²) < 4.78 is 27.1. The van der Waals surface area contributed by atoms with E-state index in [1.807, 2.05) is 0 Å². The third-order valence-electron chi connectivity index (χ3n) is 1.99. The Bertz CT molecular complexity index is 499. The topological polar surface area (TPSA) is 46.0 Å². The van der Waals surface area contributed by atoms with Crippen molar-refractivity contribution >= 4 is 11.8 Å². The predicted molar refractivity (Wildman–Crippen MR) is 58.4 cm³/mol. The number of hydrogen-bond acceptors (Lipinski definition) is 4. The summed E-state index contributed by atoms with van der Waals surface area (Å²) in [5.41, 5.74) is 0.198. The van der Waals surface area contributed by atoms with Gasteiger partial charge >= 0.3 is 0 Å². The van der Waals surface area contributed by atoms with Gasteiger partial charge in [0.2, 0.25) is 0 Å². The molecule has 1 N–H and O–H groups in total. The Kier molecular flexibility index (Phi) is 3.65. The predicted octanol–water partition coefficient (Wildman–Crippen LogP) is 2.40. The number of aromatic nitrogens is 2. The molecule has 1 aromatic carbocycles. The largest absolute Gasteiger partial charge is 0.392 e. The van der Waals surface area contributed by atoms with Crippen molar-refractivity contribution < 1.29 is 13.9 Å². The molecule has 0 fully saturated rings. The highest BCUT2D eigenvalue weighted by molar-refractivity contribution is 7.99. The van der Waals surface area contributed by atoms with Gasteiger partial charge in [-0.1, -0.05) is 11.8 Å². The van der Waals surface area contributed by atoms with Crippen LogP contribution in [-0.4, -0.2) is 15.1 Å². The molecule has 6 heteroatoms. The number of halogens is 2. The molecule has 0 saturated heterocycles. The first-order chi connectivity index (χ1) is 8.20. The summed E-state index contributed by atoms with van der Waals surface area (Å²) in [6.07, 6.45) is 4.34. The minimum absolute atomic E-state index is 0.150. The molecular weight excluding hydrogens is 246 g/mol. The smallest absolute Gasteiger partial charge is 0.140 e. The summed E-state index contributed by atoms with van der Waals surface area (Å²) in [7, 11) is 0. The average molecular weight is 254 g/mol. The molecule has 0 radical (unpaired) electrons. The molecule has 88 valence electrons. The molecule has 0 spiro atoms. The van der Waals surface area contributed by atoms with Gasteiger partial charge in [0.25, 0.3) is 0 Å². The Labute approximate surface area is 101 Å². The van der Waals surface area contributed by atoms with E-state index in [1.165, 1.54) is 18.6 Å². The van der Waals surface area contributed by atoms with E-state index in [-0.39, 0.29) is 10.5 Å². The fraction of sp³-hybridized carbons (Fsp3) is 0.0909. The van der Waals surface area contributed by atoms with E-state index in [2.05, 4.69) is 9.97 Å². The second-order valence-electron chi connectivity index (χ2n) is 3.19. The highest BCUT2D eigenvalue weighted by atomic mass is 32.2. The normalized spacial score (nSPS) is 10.5. The van der Waals surface area contributed by atoms with Crippen molar-refractivity contribution in [3.05, 3.63) is 47.9 Å². The van der Waals surface area contributed by atoms with E-state index in [0.29, 0.717) is 5.03 Å². The second-order valence-corrected chi connectivity index (χ2v) is 4.22. The number of hydrogen-bond donors (Lipinski definition) is 1. The standard InChI is InChI=1S/C11H8F2N2OS/c12-8-3-7(6-16)4-9(13)11(8)17-10-5-14-1-2-15-10/h1-5,16H,6H2. The maximum absolute atomic E-state index is 13.6. The summed E-state index contributed by atoms with van der Waals surface area (Å²) in [5.74, 6) is -1.44. The number of nitrogens with zero attached hydrogens (tertiary/aromatic N) is 2. The van der Waals surface area contributed by atoms with Crippen molar-refractivity contribution in [2.75, 3.05) is 0 Å². The molecule has 0 amide bonds. The van der Waals surface area contributed by atoms with Gasteiger partial charge in [0.1, 0.15) is 16.7 Å². The summed E-state index contributed by atoms with van der Waals surface area (Å²) in [4.78, 5) is 7.57. The molecule has 2 aromatic rings. The first-order valence-electron chi connectivity index (χ1n) is 4.73. The maximum atomic E-state index is 13.6. The minimum Gasteiger partial charge on any atom is -0.392 e. The summed E-state index contributed by atoms with van der Waals surface area (Å²) in [6.45, 7) is -0.399. The SMILES string of the molecule is OCc1cc(F)c(Sc2cnccn2)c(F)c1. The van der Waals surface area contributed by atoms with Crippen LogP contribution in [0.5, 0.6) is 0 Å². The quantitative estimate of drug-likeness (QED) is 0.913. The van der Waals surface area contributed by atoms with Gasteiger partial charge in [-0.05, 0) is 17.7 Å². The first kappa shape index (κ1) is 11.9. The van der Waals surface area contributed by atoms with Crippen molar-refractivity contribution in [1.82, 2.24) is 9.97 Å². The third-order valence-corrected chi connectivity index (χ3v) is 3.00. The molecule has 0 aliphatic carbocycles. The molecule has 0 atom stereocenters. The van der Waals surface area contributed by atoms with Crippen LogP contribution >= 0.6 is 11.8 Å². The van der Waals surface area contributed by atoms with Crippen molar-refractivity contribution in [3.63, 3.8) is 0 Å². The lowest BCUT2D eigenvalue weighted by atomic mass is 10.2. The zero-order valence-corrected chi connectivity index (χ0v) is 9.42. The Morgan fingerprint density at radius 2 is 1.88 bits per heavy atom. The van der Waals surface area contributed by atoms with Crippen LogP contribution in [0.15, 0.2) is 40.6 Å². The van der Waals surface area contributed by atoms with Gasteiger partial charge in [0, 0.05) is 12.4 Å². The molecule has 1 aromatic heterocycles. The first-order valence-corrected chi connectivity index (χ1v) is 5.55. The lowest BCUT2D eigenvalue weighted by Crippen LogP contribution is -1.93. The molecule has 0 saturated carbocycles. The average Bonchev–Trinajstić information content (AvgIpc) is 2.35. The monoisotopic (exact) mass is 254 g/mol. The molecule has 2 rings (SSSR count). The van der Waals surface area contributed by atoms with Crippen LogP contribution in [0, 0.1) is 11.6 Å². The number of rotatable bonds is 3. The van der Waals surface area contributed by atoms with Gasteiger partial charge < -0.3 is 5.11 Å². The Morgan fingerprint density at radius 1 is 1.18 bits per heavy atom. The highest BCUT2D eigenvalue weighted by Crippen LogP contribution is 2.31. The van der Waals surface area contributed by atoms with E-state index < -0.39 is 18.2 Å². The number of benzene rings is 1. The van der Waals surface area contributed by atoms with Crippen LogP contribution in [0.3, 0.4) is 0 Å². The van der Waals surface area contributed by atoms with Crippen molar-refractivity contribution in [3.8, 4) is 0 Å². The Morgan fingerprint density at radius 3 is 2.41 bits per heavy atom. The van der Waals surface area contributed by atoms with Crippen LogP contribution in [0.25, 0.3) is 0 Å². The zero-order chi connectivity index (χ0) is 12.3. The number of aliphatic hydroxyl groups excluding tert-OH is 1. The Hall–Kier alpha value is -1.53. The van der Waals surface area contributed by atoms with Crippen LogP contribution < -0.4 is 0 Å². The van der Waals surface area contributed by atoms with Gasteiger partial charge in [-0.15, -0.1) is 0 Å². The van der Waals surface area contributed by atoms with Gasteiger partial charge in [-0.3, -0.25) is 4.98 Å². The second kappa shape index (κ2) is 5.20. The van der Waals surface area contributed by atoms with E-state index >= 15 is 0 Å². The van der Waals surface area contributed by atoms with E-state index in [0.717, 1.165) is 23.9 Å². The van der Waals surface area contributed by atoms with E-state index in [9.17, 15) is 8.78 Å². The summed E-state index contributed by atoms with van der Waals surface area (Å²) >= 11 is 0.855. The molecule has 0 bridgehead atoms. The fourth-order valence-corrected chi connectivity index (χ4v) is 1.99. The van der Waals surface area contributed by atoms with Crippen molar-refractivity contribution in [2.45, 2.75) is 16.5 Å². The molecule has 1 heterocycles. The molecule has 3 nitrogen and oxygen atoms in total. The van der Waals surface area contributed by atoms with Crippen LogP contribution in [0.4, 0.5) is 8.78 Å². The van der Waals surface area contributed by atoms with Crippen LogP contribution in [0.1, 0.15) is 5.56 Å². The molecular formula is C11H8F2N2OS. The van der Waals surface area contributed by atoms with E-state index in [4.69, 9.17) is 5.11 Å². The van der Waals surface area contributed by atoms with Gasteiger partial charge in [-0.2, -0.15) is 0 Å². The Balaban J connectivity index is 2.33. The lowest BCUT2D eigenvalue weighted by molar-refractivity contribution is 0.280. The lowest BCUT2D eigenvalue weighted by Gasteiger charge is -2.05. The molecule has 0 unspecified atom stereocenters. The van der Waals surface area contributed by atoms with Crippen LogP contribution in [0.2, 0.25) is 0 Å². The summed E-state index contributed by atoms with van der Waals surface area (Å²) in [6, 6.07) is 2.20. The van der Waals surface area contributed by atoms with Crippen LogP contribution in [-0.2, 0) is 6.61 Å². The summed E-state index contributed by atoms with van der Waals surface area (Å²) in [5, 5.41) is 9.21. The third kappa shape index (κ3) is 2.78. The van der Waals surface area contributed by atoms with Gasteiger partial charge in [0.15, 0.2) is 0 Å². The maximum Gasteiger partial charge on any atom is 0.140 e. The highest BCUT2D eigenvalue weighted by Gasteiger charge is 2.13. The molecule has 17 heavy (non-hydrogen) atoms. The zero-order valence-electron chi connectivity index (χ0n) is 8.60. The number of aliphatic hydroxyl groups is 1. The fourth-order valence-electron chi connectivity index (χ4n) is 1.24.